The molecule has 0 saturated heterocycles. The van der Waals surface area contributed by atoms with Crippen LogP contribution >= 0.6 is 0 Å². The zero-order valence-corrected chi connectivity index (χ0v) is 17.9. The lowest BCUT2D eigenvalue weighted by molar-refractivity contribution is -0.161. The van der Waals surface area contributed by atoms with Crippen LogP contribution in [0.3, 0.4) is 0 Å². The second-order valence-electron chi connectivity index (χ2n) is 8.12. The van der Waals surface area contributed by atoms with Crippen molar-refractivity contribution < 1.29 is 49.5 Å². The summed E-state index contributed by atoms with van der Waals surface area (Å²) in [7, 11) is 0. The first-order valence-corrected chi connectivity index (χ1v) is 10.6. The summed E-state index contributed by atoms with van der Waals surface area (Å²) in [6.45, 7) is 1.98. The number of rotatable bonds is 19. The molecule has 5 N–H and O–H groups in total. The van der Waals surface area contributed by atoms with E-state index in [0.29, 0.717) is 38.5 Å². The summed E-state index contributed by atoms with van der Waals surface area (Å²) in [5.41, 5.74) is -1.88. The van der Waals surface area contributed by atoms with Crippen molar-refractivity contribution in [2.75, 3.05) is 0 Å². The number of hydrogen-bond acceptors (Lipinski definition) is 5. The van der Waals surface area contributed by atoms with Crippen LogP contribution in [0.15, 0.2) is 0 Å². The van der Waals surface area contributed by atoms with Gasteiger partial charge in [-0.05, 0) is 25.7 Å². The smallest absolute Gasteiger partial charge is 0.310 e. The van der Waals surface area contributed by atoms with E-state index in [0.717, 1.165) is 12.8 Å². The molecule has 0 spiro atoms. The van der Waals surface area contributed by atoms with Crippen LogP contribution in [-0.4, -0.2) is 55.4 Å². The van der Waals surface area contributed by atoms with Gasteiger partial charge in [0.1, 0.15) is 0 Å². The van der Waals surface area contributed by atoms with E-state index in [1.54, 1.807) is 0 Å². The Morgan fingerprint density at radius 1 is 0.710 bits per heavy atom. The van der Waals surface area contributed by atoms with Crippen LogP contribution in [-0.2, 0) is 24.0 Å². The van der Waals surface area contributed by atoms with E-state index in [1.165, 1.54) is 0 Å². The molecule has 178 valence electrons. The maximum atomic E-state index is 11.9. The highest BCUT2D eigenvalue weighted by atomic mass is 16.4. The average molecular weight is 446 g/mol. The number of unbranched alkanes of at least 4 members (excludes halogenated alkanes) is 4. The van der Waals surface area contributed by atoms with Crippen LogP contribution in [0.25, 0.3) is 0 Å². The number of hydrogen-bond donors (Lipinski definition) is 5. The van der Waals surface area contributed by atoms with Gasteiger partial charge in [0.15, 0.2) is 0 Å². The summed E-state index contributed by atoms with van der Waals surface area (Å²) in [5, 5.41) is 46.2. The van der Waals surface area contributed by atoms with Gasteiger partial charge in [0, 0.05) is 0 Å². The van der Waals surface area contributed by atoms with Gasteiger partial charge in [-0.25, -0.2) is 0 Å². The quantitative estimate of drug-likeness (QED) is 0.184. The molecule has 0 saturated carbocycles. The van der Waals surface area contributed by atoms with Crippen LogP contribution < -0.4 is 0 Å². The van der Waals surface area contributed by atoms with Crippen LogP contribution in [0.5, 0.6) is 0 Å². The van der Waals surface area contributed by atoms with Gasteiger partial charge in [0.05, 0.1) is 30.1 Å². The van der Waals surface area contributed by atoms with E-state index >= 15 is 0 Å². The lowest BCUT2D eigenvalue weighted by Crippen LogP contribution is -2.38. The van der Waals surface area contributed by atoms with Crippen LogP contribution in [0.4, 0.5) is 0 Å². The largest absolute Gasteiger partial charge is 0.481 e. The molecule has 0 amide bonds. The molecule has 0 aliphatic carbocycles. The minimum atomic E-state index is -1.88. The van der Waals surface area contributed by atoms with Gasteiger partial charge in [-0.3, -0.25) is 24.0 Å². The Bertz CT molecular complexity index is 630. The Hall–Kier alpha value is -2.65. The second kappa shape index (κ2) is 14.4. The molecule has 0 fully saturated rings. The SMILES string of the molecule is CCCCC(CCCCCCC(CC(=O)O)(CC(CC(=O)O)C(=O)O)C(=O)O)C(=O)O. The van der Waals surface area contributed by atoms with Crippen molar-refractivity contribution in [1.29, 1.82) is 0 Å². The third kappa shape index (κ3) is 11.4. The summed E-state index contributed by atoms with van der Waals surface area (Å²) in [4.78, 5) is 56.7. The summed E-state index contributed by atoms with van der Waals surface area (Å²) in [5.74, 6) is -8.51. The lowest BCUT2D eigenvalue weighted by Gasteiger charge is -2.30. The molecule has 0 aromatic carbocycles. The molecule has 0 bridgehead atoms. The minimum absolute atomic E-state index is 0.101. The molecule has 0 aliphatic rings. The van der Waals surface area contributed by atoms with Crippen molar-refractivity contribution in [2.45, 2.75) is 84.0 Å². The Morgan fingerprint density at radius 3 is 1.71 bits per heavy atom. The first kappa shape index (κ1) is 28.4. The van der Waals surface area contributed by atoms with Gasteiger partial charge < -0.3 is 25.5 Å². The minimum Gasteiger partial charge on any atom is -0.481 e. The molecular weight excluding hydrogens is 412 g/mol. The maximum absolute atomic E-state index is 11.9. The van der Waals surface area contributed by atoms with Crippen molar-refractivity contribution in [3.05, 3.63) is 0 Å². The fourth-order valence-corrected chi connectivity index (χ4v) is 3.80. The Balaban J connectivity index is 4.97. The molecule has 0 heterocycles. The second-order valence-corrected chi connectivity index (χ2v) is 8.12. The highest BCUT2D eigenvalue weighted by Gasteiger charge is 2.44. The standard InChI is InChI=1S/C21H34O10/c1-2-3-8-14(18(26)27)9-6-4-5-7-10-21(20(30)31,13-17(24)25)12-15(19(28)29)11-16(22)23/h14-15H,2-13H2,1H3,(H,22,23)(H,24,25)(H,26,27)(H,28,29)(H,30,31). The molecule has 0 aromatic heterocycles. The van der Waals surface area contributed by atoms with Gasteiger partial charge >= 0.3 is 29.8 Å². The fraction of sp³-hybridized carbons (Fsp3) is 0.762. The summed E-state index contributed by atoms with van der Waals surface area (Å²) in [6.07, 6.45) is 2.68. The first-order chi connectivity index (χ1) is 14.4. The fourth-order valence-electron chi connectivity index (χ4n) is 3.80. The van der Waals surface area contributed by atoms with Crippen molar-refractivity contribution in [3.8, 4) is 0 Å². The summed E-state index contributed by atoms with van der Waals surface area (Å²) < 4.78 is 0. The highest BCUT2D eigenvalue weighted by Crippen LogP contribution is 2.38. The van der Waals surface area contributed by atoms with E-state index < -0.39 is 66.4 Å². The predicted molar refractivity (Wildman–Crippen MR) is 109 cm³/mol. The molecule has 0 rings (SSSR count). The number of carbonyl (C=O) groups is 5. The van der Waals surface area contributed by atoms with E-state index in [1.807, 2.05) is 6.92 Å². The molecule has 10 heteroatoms. The molecule has 3 atom stereocenters. The molecule has 0 aliphatic heterocycles. The predicted octanol–water partition coefficient (Wildman–Crippen LogP) is 3.33. The Labute approximate surface area is 181 Å². The van der Waals surface area contributed by atoms with Gasteiger partial charge in [-0.2, -0.15) is 0 Å². The van der Waals surface area contributed by atoms with E-state index in [2.05, 4.69) is 0 Å². The van der Waals surface area contributed by atoms with E-state index in [4.69, 9.17) is 5.11 Å². The summed E-state index contributed by atoms with van der Waals surface area (Å²) >= 11 is 0. The molecule has 0 aromatic rings. The van der Waals surface area contributed by atoms with Crippen LogP contribution in [0.1, 0.15) is 84.0 Å². The lowest BCUT2D eigenvalue weighted by atomic mass is 9.72. The monoisotopic (exact) mass is 446 g/mol. The molecule has 3 unspecified atom stereocenters. The third-order valence-electron chi connectivity index (χ3n) is 5.56. The molecule has 0 radical (unpaired) electrons. The number of aliphatic carboxylic acids is 5. The number of carboxylic acids is 5. The van der Waals surface area contributed by atoms with Gasteiger partial charge in [-0.1, -0.05) is 45.4 Å². The van der Waals surface area contributed by atoms with Gasteiger partial charge in [0.25, 0.3) is 0 Å². The van der Waals surface area contributed by atoms with Gasteiger partial charge in [0.2, 0.25) is 0 Å². The third-order valence-corrected chi connectivity index (χ3v) is 5.56. The first-order valence-electron chi connectivity index (χ1n) is 10.6. The maximum Gasteiger partial charge on any atom is 0.310 e. The van der Waals surface area contributed by atoms with E-state index in [-0.39, 0.29) is 6.42 Å². The Morgan fingerprint density at radius 2 is 1.26 bits per heavy atom. The van der Waals surface area contributed by atoms with Crippen LogP contribution in [0.2, 0.25) is 0 Å². The summed E-state index contributed by atoms with van der Waals surface area (Å²) in [6, 6.07) is 0. The normalized spacial score (nSPS) is 14.9. The molecule has 10 nitrogen and oxygen atoms in total. The zero-order chi connectivity index (χ0) is 24.0. The van der Waals surface area contributed by atoms with Gasteiger partial charge in [-0.15, -0.1) is 0 Å². The topological polar surface area (TPSA) is 186 Å². The average Bonchev–Trinajstić information content (AvgIpc) is 2.64. The van der Waals surface area contributed by atoms with Crippen molar-refractivity contribution in [3.63, 3.8) is 0 Å². The molecular formula is C21H34O10. The number of carboxylic acid groups (broad SMARTS) is 5. The highest BCUT2D eigenvalue weighted by molar-refractivity contribution is 5.83. The Kier molecular flexibility index (Phi) is 13.1. The zero-order valence-electron chi connectivity index (χ0n) is 17.9. The van der Waals surface area contributed by atoms with E-state index in [9.17, 15) is 44.4 Å². The van der Waals surface area contributed by atoms with Crippen molar-refractivity contribution in [1.82, 2.24) is 0 Å². The molecule has 31 heavy (non-hydrogen) atoms. The van der Waals surface area contributed by atoms with Crippen molar-refractivity contribution >= 4 is 29.8 Å². The van der Waals surface area contributed by atoms with Crippen LogP contribution in [0, 0.1) is 17.3 Å². The van der Waals surface area contributed by atoms with Crippen molar-refractivity contribution in [2.24, 2.45) is 17.3 Å².